The Kier molecular flexibility index (Phi) is 5.80. The minimum absolute atomic E-state index is 0.135. The zero-order valence-corrected chi connectivity index (χ0v) is 15.9. The molecule has 140 valence electrons. The maximum absolute atomic E-state index is 12.8. The summed E-state index contributed by atoms with van der Waals surface area (Å²) in [5.74, 6) is -0.935. The van der Waals surface area contributed by atoms with E-state index < -0.39 is 23.6 Å². The number of methoxy groups -OCH3 is 1. The average Bonchev–Trinajstić information content (AvgIpc) is 2.51. The van der Waals surface area contributed by atoms with Crippen LogP contribution in [0.1, 0.15) is 20.8 Å². The van der Waals surface area contributed by atoms with Crippen molar-refractivity contribution in [1.29, 1.82) is 0 Å². The topological polar surface area (TPSA) is 96.4 Å². The van der Waals surface area contributed by atoms with Crippen LogP contribution in [0.2, 0.25) is 0 Å². The van der Waals surface area contributed by atoms with E-state index in [2.05, 4.69) is 0 Å². The van der Waals surface area contributed by atoms with Crippen LogP contribution in [-0.2, 0) is 23.9 Å². The van der Waals surface area contributed by atoms with Gasteiger partial charge in [0.25, 0.3) is 11.8 Å². The summed E-state index contributed by atoms with van der Waals surface area (Å²) >= 11 is 1.44. The number of fused-ring (bicyclic) bond motifs is 1. The minimum atomic E-state index is -0.651. The number of nitrogens with zero attached hydrogens (tertiary/aromatic N) is 2. The molecule has 25 heavy (non-hydrogen) atoms. The molecule has 2 atom stereocenters. The molecule has 2 rings (SSSR count). The highest BCUT2D eigenvalue weighted by Crippen LogP contribution is 2.41. The van der Waals surface area contributed by atoms with Gasteiger partial charge in [0.2, 0.25) is 0 Å². The predicted octanol–water partition coefficient (Wildman–Crippen LogP) is -0.0370. The van der Waals surface area contributed by atoms with Crippen LogP contribution < -0.4 is 0 Å². The van der Waals surface area contributed by atoms with Crippen molar-refractivity contribution in [3.8, 4) is 0 Å². The first-order valence-corrected chi connectivity index (χ1v) is 8.93. The summed E-state index contributed by atoms with van der Waals surface area (Å²) in [4.78, 5) is 39.5. The number of esters is 1. The standard InChI is InChI=1S/C16H24N2O6S/c1-16(2,3)24-10(20)6-17(4)13(21)11-9(7-19)8-25-15-12(23-5)14(22)18(11)15/h12,15,19H,6-8H2,1-5H3/t12-,15+/m0/s1. The van der Waals surface area contributed by atoms with Crippen LogP contribution in [0.3, 0.4) is 0 Å². The van der Waals surface area contributed by atoms with Gasteiger partial charge in [-0.15, -0.1) is 11.8 Å². The van der Waals surface area contributed by atoms with Gasteiger partial charge < -0.3 is 19.5 Å². The molecule has 1 fully saturated rings. The van der Waals surface area contributed by atoms with Gasteiger partial charge in [-0.05, 0) is 26.3 Å². The van der Waals surface area contributed by atoms with Gasteiger partial charge in [-0.1, -0.05) is 0 Å². The van der Waals surface area contributed by atoms with E-state index >= 15 is 0 Å². The first-order chi connectivity index (χ1) is 11.6. The molecule has 2 heterocycles. The van der Waals surface area contributed by atoms with E-state index in [-0.39, 0.29) is 30.1 Å². The third-order valence-corrected chi connectivity index (χ3v) is 5.09. The number of rotatable bonds is 5. The summed E-state index contributed by atoms with van der Waals surface area (Å²) in [6, 6.07) is 0. The third-order valence-electron chi connectivity index (χ3n) is 3.78. The van der Waals surface area contributed by atoms with Crippen LogP contribution in [0, 0.1) is 0 Å². The number of hydrogen-bond donors (Lipinski definition) is 1. The van der Waals surface area contributed by atoms with E-state index in [0.29, 0.717) is 11.3 Å². The number of aliphatic hydroxyl groups is 1. The Hall–Kier alpha value is -1.58. The van der Waals surface area contributed by atoms with Crippen molar-refractivity contribution in [2.45, 2.75) is 37.9 Å². The van der Waals surface area contributed by atoms with Gasteiger partial charge in [0.15, 0.2) is 6.10 Å². The number of hydrogen-bond acceptors (Lipinski definition) is 7. The highest BCUT2D eigenvalue weighted by molar-refractivity contribution is 8.00. The Morgan fingerprint density at radius 2 is 2.04 bits per heavy atom. The predicted molar refractivity (Wildman–Crippen MR) is 91.5 cm³/mol. The molecule has 0 saturated carbocycles. The first kappa shape index (κ1) is 19.7. The lowest BCUT2D eigenvalue weighted by atomic mass is 10.0. The Labute approximate surface area is 151 Å². The summed E-state index contributed by atoms with van der Waals surface area (Å²) in [5, 5.41) is 9.27. The van der Waals surface area contributed by atoms with Crippen molar-refractivity contribution in [3.63, 3.8) is 0 Å². The van der Waals surface area contributed by atoms with Gasteiger partial charge in [0, 0.05) is 19.9 Å². The number of thioether (sulfide) groups is 1. The quantitative estimate of drug-likeness (QED) is 0.534. The van der Waals surface area contributed by atoms with Gasteiger partial charge in [-0.2, -0.15) is 0 Å². The number of aliphatic hydroxyl groups excluding tert-OH is 1. The van der Waals surface area contributed by atoms with E-state index in [4.69, 9.17) is 9.47 Å². The van der Waals surface area contributed by atoms with Crippen LogP contribution in [-0.4, -0.2) is 82.8 Å². The summed E-state index contributed by atoms with van der Waals surface area (Å²) in [7, 11) is 2.91. The fraction of sp³-hybridized carbons (Fsp3) is 0.688. The maximum Gasteiger partial charge on any atom is 0.326 e. The second-order valence-corrected chi connectivity index (χ2v) is 8.03. The minimum Gasteiger partial charge on any atom is -0.459 e. The molecule has 2 aliphatic heterocycles. The fourth-order valence-corrected chi connectivity index (χ4v) is 4.03. The van der Waals surface area contributed by atoms with Crippen molar-refractivity contribution >= 4 is 29.5 Å². The molecule has 8 nitrogen and oxygen atoms in total. The van der Waals surface area contributed by atoms with Crippen LogP contribution in [0.15, 0.2) is 11.3 Å². The van der Waals surface area contributed by atoms with Gasteiger partial charge in [0.1, 0.15) is 23.2 Å². The van der Waals surface area contributed by atoms with Crippen molar-refractivity contribution in [3.05, 3.63) is 11.3 Å². The number of β-lactam (4-membered cyclic amide) rings is 1. The van der Waals surface area contributed by atoms with Crippen LogP contribution >= 0.6 is 11.8 Å². The van der Waals surface area contributed by atoms with Gasteiger partial charge in [0.05, 0.1) is 6.61 Å². The van der Waals surface area contributed by atoms with Crippen molar-refractivity contribution < 1.29 is 29.0 Å². The molecule has 2 aliphatic rings. The van der Waals surface area contributed by atoms with Crippen molar-refractivity contribution in [2.24, 2.45) is 0 Å². The molecule has 1 N–H and O–H groups in total. The molecule has 0 unspecified atom stereocenters. The van der Waals surface area contributed by atoms with Crippen molar-refractivity contribution in [2.75, 3.05) is 33.1 Å². The van der Waals surface area contributed by atoms with E-state index in [1.807, 2.05) is 0 Å². The molecular formula is C16H24N2O6S. The fourth-order valence-electron chi connectivity index (χ4n) is 2.67. The summed E-state index contributed by atoms with van der Waals surface area (Å²) in [6.07, 6.45) is -0.593. The van der Waals surface area contributed by atoms with Crippen LogP contribution in [0.4, 0.5) is 0 Å². The van der Waals surface area contributed by atoms with Gasteiger partial charge in [-0.3, -0.25) is 19.3 Å². The lowest BCUT2D eigenvalue weighted by Gasteiger charge is -2.49. The number of amides is 2. The number of ether oxygens (including phenoxy) is 2. The second kappa shape index (κ2) is 7.35. The summed E-state index contributed by atoms with van der Waals surface area (Å²) < 4.78 is 10.4. The van der Waals surface area contributed by atoms with Crippen molar-refractivity contribution in [1.82, 2.24) is 9.80 Å². The van der Waals surface area contributed by atoms with E-state index in [1.165, 1.54) is 35.7 Å². The molecule has 0 radical (unpaired) electrons. The Balaban J connectivity index is 2.16. The molecule has 9 heteroatoms. The van der Waals surface area contributed by atoms with Gasteiger partial charge in [-0.25, -0.2) is 0 Å². The highest BCUT2D eigenvalue weighted by atomic mass is 32.2. The smallest absolute Gasteiger partial charge is 0.326 e. The van der Waals surface area contributed by atoms with E-state index in [9.17, 15) is 19.5 Å². The third kappa shape index (κ3) is 3.99. The Morgan fingerprint density at radius 1 is 1.40 bits per heavy atom. The Bertz CT molecular complexity index is 612. The highest BCUT2D eigenvalue weighted by Gasteiger charge is 2.54. The Morgan fingerprint density at radius 3 is 2.56 bits per heavy atom. The molecule has 0 aromatic heterocycles. The normalized spacial score (nSPS) is 23.1. The zero-order chi connectivity index (χ0) is 18.9. The lowest BCUT2D eigenvalue weighted by molar-refractivity contribution is -0.162. The van der Waals surface area contributed by atoms with Crippen LogP contribution in [0.5, 0.6) is 0 Å². The zero-order valence-electron chi connectivity index (χ0n) is 15.1. The first-order valence-electron chi connectivity index (χ1n) is 7.88. The molecule has 0 bridgehead atoms. The second-order valence-electron chi connectivity index (χ2n) is 6.92. The molecule has 2 amide bonds. The molecular weight excluding hydrogens is 348 g/mol. The molecule has 1 saturated heterocycles. The summed E-state index contributed by atoms with van der Waals surface area (Å²) in [6.45, 7) is 4.65. The molecule has 0 aromatic rings. The van der Waals surface area contributed by atoms with Crippen LogP contribution in [0.25, 0.3) is 0 Å². The molecule has 0 aliphatic carbocycles. The molecule has 0 spiro atoms. The maximum atomic E-state index is 12.8. The average molecular weight is 372 g/mol. The monoisotopic (exact) mass is 372 g/mol. The number of carbonyl (C=O) groups excluding carboxylic acids is 3. The largest absolute Gasteiger partial charge is 0.459 e. The molecule has 0 aromatic carbocycles. The number of likely N-dealkylation sites (N-methyl/N-ethyl adjacent to an activating group) is 1. The summed E-state index contributed by atoms with van der Waals surface area (Å²) in [5.41, 5.74) is -0.0526. The van der Waals surface area contributed by atoms with Gasteiger partial charge >= 0.3 is 5.97 Å². The van der Waals surface area contributed by atoms with E-state index in [1.54, 1.807) is 20.8 Å². The van der Waals surface area contributed by atoms with E-state index in [0.717, 1.165) is 0 Å². The number of carbonyl (C=O) groups is 3. The SMILES string of the molecule is CO[C@H]1C(=O)N2C(C(=O)N(C)CC(=O)OC(C)(C)C)=C(CO)CS[C@H]12. The lowest BCUT2D eigenvalue weighted by Crippen LogP contribution is -2.66.